The highest BCUT2D eigenvalue weighted by molar-refractivity contribution is 6.31. The number of carbonyl (C=O) groups is 1. The number of nitrogens with two attached hydrogens (primary N) is 1. The predicted molar refractivity (Wildman–Crippen MR) is 72.9 cm³/mol. The molecule has 3 N–H and O–H groups in total. The van der Waals surface area contributed by atoms with Crippen LogP contribution in [0.3, 0.4) is 0 Å². The third-order valence-corrected chi connectivity index (χ3v) is 3.52. The van der Waals surface area contributed by atoms with Crippen LogP contribution in [0.15, 0.2) is 12.3 Å². The molecular formula is C13H18ClN3O. The second kappa shape index (κ2) is 6.16. The zero-order valence-corrected chi connectivity index (χ0v) is 11.0. The third kappa shape index (κ3) is 3.43. The summed E-state index contributed by atoms with van der Waals surface area (Å²) in [7, 11) is 0. The average molecular weight is 268 g/mol. The van der Waals surface area contributed by atoms with Gasteiger partial charge in [-0.05, 0) is 31.9 Å². The largest absolute Gasteiger partial charge is 0.383 e. The highest BCUT2D eigenvalue weighted by Crippen LogP contribution is 2.19. The Balaban J connectivity index is 1.92. The second-order valence-electron chi connectivity index (χ2n) is 4.70. The Kier molecular flexibility index (Phi) is 4.55. The van der Waals surface area contributed by atoms with Crippen LogP contribution in [-0.4, -0.2) is 23.4 Å². The number of carbonyl (C=O) groups excluding carboxylic acids is 1. The number of nitrogen functional groups attached to an aromatic ring is 1. The third-order valence-electron chi connectivity index (χ3n) is 3.32. The molecular weight excluding hydrogens is 250 g/mol. The lowest BCUT2D eigenvalue weighted by molar-refractivity contribution is 0.0975. The second-order valence-corrected chi connectivity index (χ2v) is 5.13. The van der Waals surface area contributed by atoms with Gasteiger partial charge in [0.2, 0.25) is 0 Å². The van der Waals surface area contributed by atoms with Crippen LogP contribution in [0.25, 0.3) is 0 Å². The number of rotatable bonds is 4. The Morgan fingerprint density at radius 2 is 2.39 bits per heavy atom. The van der Waals surface area contributed by atoms with Gasteiger partial charge in [0.15, 0.2) is 5.78 Å². The monoisotopic (exact) mass is 267 g/mol. The molecule has 0 aliphatic carbocycles. The topological polar surface area (TPSA) is 68.0 Å². The molecule has 1 aliphatic rings. The molecule has 98 valence electrons. The lowest BCUT2D eigenvalue weighted by atomic mass is 9.97. The number of piperidine rings is 1. The van der Waals surface area contributed by atoms with Gasteiger partial charge in [-0.1, -0.05) is 18.0 Å². The van der Waals surface area contributed by atoms with Crippen LogP contribution >= 0.6 is 11.6 Å². The molecule has 0 bridgehead atoms. The van der Waals surface area contributed by atoms with E-state index >= 15 is 0 Å². The molecule has 1 aromatic heterocycles. The van der Waals surface area contributed by atoms with Gasteiger partial charge in [-0.15, -0.1) is 0 Å². The van der Waals surface area contributed by atoms with Crippen LogP contribution in [0.5, 0.6) is 0 Å². The van der Waals surface area contributed by atoms with Gasteiger partial charge in [0.25, 0.3) is 0 Å². The van der Waals surface area contributed by atoms with Gasteiger partial charge in [0.05, 0.1) is 10.6 Å². The first-order valence-electron chi connectivity index (χ1n) is 6.34. The van der Waals surface area contributed by atoms with Crippen LogP contribution in [0.1, 0.15) is 42.5 Å². The minimum Gasteiger partial charge on any atom is -0.383 e. The van der Waals surface area contributed by atoms with Crippen LogP contribution in [0.2, 0.25) is 5.02 Å². The Hall–Kier alpha value is -1.13. The zero-order chi connectivity index (χ0) is 13.0. The molecule has 1 unspecified atom stereocenters. The highest BCUT2D eigenvalue weighted by Gasteiger charge is 2.16. The van der Waals surface area contributed by atoms with E-state index in [9.17, 15) is 4.79 Å². The highest BCUT2D eigenvalue weighted by atomic mass is 35.5. The summed E-state index contributed by atoms with van der Waals surface area (Å²) in [6.45, 7) is 1.06. The first kappa shape index (κ1) is 13.3. The predicted octanol–water partition coefficient (Wildman–Crippen LogP) is 2.42. The van der Waals surface area contributed by atoms with Crippen molar-refractivity contribution in [3.05, 3.63) is 22.8 Å². The smallest absolute Gasteiger partial charge is 0.166 e. The minimum atomic E-state index is 0.0230. The van der Waals surface area contributed by atoms with Gasteiger partial charge < -0.3 is 11.1 Å². The molecule has 18 heavy (non-hydrogen) atoms. The molecule has 0 spiro atoms. The zero-order valence-electron chi connectivity index (χ0n) is 10.3. The number of halogens is 1. The summed E-state index contributed by atoms with van der Waals surface area (Å²) in [4.78, 5) is 16.0. The number of Topliss-reactive ketones (excluding diaryl/α,β-unsaturated/α-hetero) is 1. The van der Waals surface area contributed by atoms with E-state index in [1.807, 2.05) is 0 Å². The minimum absolute atomic E-state index is 0.0230. The number of ketones is 1. The summed E-state index contributed by atoms with van der Waals surface area (Å²) >= 11 is 5.83. The first-order chi connectivity index (χ1) is 8.66. The molecule has 0 aromatic carbocycles. The average Bonchev–Trinajstić information content (AvgIpc) is 2.40. The van der Waals surface area contributed by atoms with Gasteiger partial charge in [-0.3, -0.25) is 4.79 Å². The van der Waals surface area contributed by atoms with Crippen molar-refractivity contribution in [1.82, 2.24) is 10.3 Å². The van der Waals surface area contributed by atoms with Crippen molar-refractivity contribution >= 4 is 23.2 Å². The fraction of sp³-hybridized carbons (Fsp3) is 0.538. The number of hydrogen-bond acceptors (Lipinski definition) is 4. The summed E-state index contributed by atoms with van der Waals surface area (Å²) < 4.78 is 0. The van der Waals surface area contributed by atoms with E-state index in [1.165, 1.54) is 19.0 Å². The van der Waals surface area contributed by atoms with Crippen molar-refractivity contribution < 1.29 is 4.79 Å². The number of nitrogens with zero attached hydrogens (tertiary/aromatic N) is 1. The van der Waals surface area contributed by atoms with Gasteiger partial charge in [-0.2, -0.15) is 0 Å². The number of pyridine rings is 1. The van der Waals surface area contributed by atoms with E-state index in [0.29, 0.717) is 23.0 Å². The molecule has 1 aliphatic heterocycles. The maximum atomic E-state index is 12.1. The molecule has 2 heterocycles. The van der Waals surface area contributed by atoms with Gasteiger partial charge in [-0.25, -0.2) is 4.98 Å². The van der Waals surface area contributed by atoms with Crippen molar-refractivity contribution in [2.75, 3.05) is 12.3 Å². The molecule has 4 nitrogen and oxygen atoms in total. The molecule has 2 rings (SSSR count). The van der Waals surface area contributed by atoms with Crippen LogP contribution < -0.4 is 11.1 Å². The maximum absolute atomic E-state index is 12.1. The number of anilines is 1. The van der Waals surface area contributed by atoms with Gasteiger partial charge >= 0.3 is 0 Å². The summed E-state index contributed by atoms with van der Waals surface area (Å²) in [5, 5.41) is 3.87. The van der Waals surface area contributed by atoms with Crippen molar-refractivity contribution in [2.45, 2.75) is 38.1 Å². The maximum Gasteiger partial charge on any atom is 0.166 e. The van der Waals surface area contributed by atoms with Crippen molar-refractivity contribution in [1.29, 1.82) is 0 Å². The molecule has 0 saturated carbocycles. The molecule has 1 fully saturated rings. The van der Waals surface area contributed by atoms with Crippen LogP contribution in [-0.2, 0) is 0 Å². The van der Waals surface area contributed by atoms with E-state index < -0.39 is 0 Å². The normalized spacial score (nSPS) is 19.7. The van der Waals surface area contributed by atoms with Crippen LogP contribution in [0.4, 0.5) is 5.82 Å². The lowest BCUT2D eigenvalue weighted by Crippen LogP contribution is -2.34. The SMILES string of the molecule is Nc1ncc(Cl)cc1C(=O)CCC1CCCCN1. The van der Waals surface area contributed by atoms with Gasteiger partial charge in [0.1, 0.15) is 5.82 Å². The van der Waals surface area contributed by atoms with E-state index in [-0.39, 0.29) is 11.6 Å². The van der Waals surface area contributed by atoms with E-state index in [1.54, 1.807) is 6.07 Å². The quantitative estimate of drug-likeness (QED) is 0.822. The molecule has 5 heteroatoms. The molecule has 0 amide bonds. The number of aromatic nitrogens is 1. The fourth-order valence-corrected chi connectivity index (χ4v) is 2.44. The summed E-state index contributed by atoms with van der Waals surface area (Å²) in [6, 6.07) is 2.05. The molecule has 0 radical (unpaired) electrons. The van der Waals surface area contributed by atoms with E-state index in [0.717, 1.165) is 19.4 Å². The Bertz CT molecular complexity index is 430. The number of nitrogens with one attached hydrogen (secondary N) is 1. The van der Waals surface area contributed by atoms with Gasteiger partial charge in [0, 0.05) is 18.7 Å². The lowest BCUT2D eigenvalue weighted by Gasteiger charge is -2.23. The van der Waals surface area contributed by atoms with Crippen molar-refractivity contribution in [3.8, 4) is 0 Å². The summed E-state index contributed by atoms with van der Waals surface area (Å²) in [5.74, 6) is 0.288. The number of hydrogen-bond donors (Lipinski definition) is 2. The van der Waals surface area contributed by atoms with Crippen molar-refractivity contribution in [3.63, 3.8) is 0 Å². The molecule has 1 atom stereocenters. The molecule has 1 aromatic rings. The van der Waals surface area contributed by atoms with Crippen molar-refractivity contribution in [2.24, 2.45) is 0 Å². The summed E-state index contributed by atoms with van der Waals surface area (Å²) in [5.41, 5.74) is 6.14. The first-order valence-corrected chi connectivity index (χ1v) is 6.72. The van der Waals surface area contributed by atoms with Crippen LogP contribution in [0, 0.1) is 0 Å². The Labute approximate surface area is 112 Å². The summed E-state index contributed by atoms with van der Waals surface area (Å²) in [6.07, 6.45) is 6.42. The standard InChI is InChI=1S/C13H18ClN3O/c14-9-7-11(13(15)17-8-9)12(18)5-4-10-3-1-2-6-16-10/h7-8,10,16H,1-6H2,(H2,15,17). The Morgan fingerprint density at radius 1 is 1.56 bits per heavy atom. The molecule has 1 saturated heterocycles. The van der Waals surface area contributed by atoms with E-state index in [2.05, 4.69) is 10.3 Å². The van der Waals surface area contributed by atoms with E-state index in [4.69, 9.17) is 17.3 Å². The Morgan fingerprint density at radius 3 is 3.11 bits per heavy atom. The fourth-order valence-electron chi connectivity index (χ4n) is 2.28.